The van der Waals surface area contributed by atoms with Crippen LogP contribution < -0.4 is 10.6 Å². The van der Waals surface area contributed by atoms with E-state index in [2.05, 4.69) is 24.5 Å². The van der Waals surface area contributed by atoms with E-state index in [1.165, 1.54) is 0 Å². The van der Waals surface area contributed by atoms with Crippen LogP contribution in [-0.2, 0) is 0 Å². The molecule has 8 heteroatoms. The lowest BCUT2D eigenvalue weighted by Crippen LogP contribution is -2.25. The molecule has 0 atom stereocenters. The van der Waals surface area contributed by atoms with E-state index in [1.807, 2.05) is 29.2 Å². The highest BCUT2D eigenvalue weighted by atomic mass is 35.5. The summed E-state index contributed by atoms with van der Waals surface area (Å²) in [6.07, 6.45) is 3.89. The number of fused-ring (bicyclic) bond motifs is 1. The fourth-order valence-corrected chi connectivity index (χ4v) is 3.19. The molecule has 0 saturated carbocycles. The minimum Gasteiger partial charge on any atom is -0.361 e. The third-order valence-electron chi connectivity index (χ3n) is 4.10. The van der Waals surface area contributed by atoms with E-state index in [1.54, 1.807) is 0 Å². The number of rotatable bonds is 9. The Morgan fingerprint density at radius 3 is 2.00 bits per heavy atom. The van der Waals surface area contributed by atoms with E-state index in [0.29, 0.717) is 13.1 Å². The lowest BCUT2D eigenvalue weighted by atomic mass is 10.2. The zero-order valence-corrected chi connectivity index (χ0v) is 16.5. The molecule has 6 nitrogen and oxygen atoms in total. The number of halogens is 2. The molecule has 0 aliphatic carbocycles. The van der Waals surface area contributed by atoms with Gasteiger partial charge in [-0.05, 0) is 25.0 Å². The van der Waals surface area contributed by atoms with Crippen molar-refractivity contribution in [1.29, 1.82) is 0 Å². The van der Waals surface area contributed by atoms with Gasteiger partial charge < -0.3 is 15.5 Å². The fourth-order valence-electron chi connectivity index (χ4n) is 2.64. The monoisotopic (exact) mass is 398 g/mol. The largest absolute Gasteiger partial charge is 0.361 e. The summed E-state index contributed by atoms with van der Waals surface area (Å²) in [6.45, 7) is 5.61. The molecular formula is C18H24Cl2N4O2. The van der Waals surface area contributed by atoms with Crippen LogP contribution in [0.3, 0.4) is 0 Å². The highest BCUT2D eigenvalue weighted by Gasteiger charge is 2.30. The molecule has 0 radical (unpaired) electrons. The van der Waals surface area contributed by atoms with Crippen molar-refractivity contribution in [1.82, 2.24) is 4.90 Å². The van der Waals surface area contributed by atoms with Gasteiger partial charge in [0, 0.05) is 13.1 Å². The van der Waals surface area contributed by atoms with Gasteiger partial charge in [-0.1, -0.05) is 62.0 Å². The van der Waals surface area contributed by atoms with Gasteiger partial charge in [0.25, 0.3) is 0 Å². The molecule has 0 saturated heterocycles. The van der Waals surface area contributed by atoms with E-state index >= 15 is 0 Å². The molecule has 0 spiro atoms. The Morgan fingerprint density at radius 2 is 1.58 bits per heavy atom. The number of anilines is 2. The van der Waals surface area contributed by atoms with Gasteiger partial charge in [-0.3, -0.25) is 10.1 Å². The molecule has 1 aliphatic rings. The molecule has 1 aromatic rings. The highest BCUT2D eigenvalue weighted by Crippen LogP contribution is 2.35. The van der Waals surface area contributed by atoms with E-state index in [4.69, 9.17) is 23.2 Å². The average molecular weight is 399 g/mol. The molecule has 142 valence electrons. The number of hydrogen-bond acceptors (Lipinski definition) is 5. The predicted molar refractivity (Wildman–Crippen MR) is 108 cm³/mol. The standard InChI is InChI=1S/C18H24Cl2N4O2/c1-3-5-11-23(12-6-4-2)17(20)15(19)16(24(25)26)18-21-13-9-7-8-10-14(13)22-18/h7-10,21-22H,3-6,11-12H2,1-2H3/b17-15+. The van der Waals surface area contributed by atoms with E-state index < -0.39 is 4.92 Å². The Kier molecular flexibility index (Phi) is 7.60. The van der Waals surface area contributed by atoms with Crippen molar-refractivity contribution in [3.8, 4) is 0 Å². The molecule has 1 aliphatic heterocycles. The van der Waals surface area contributed by atoms with Crippen LogP contribution in [0.5, 0.6) is 0 Å². The van der Waals surface area contributed by atoms with Crippen molar-refractivity contribution in [3.63, 3.8) is 0 Å². The summed E-state index contributed by atoms with van der Waals surface area (Å²) < 4.78 is 0. The Balaban J connectivity index is 2.37. The second-order valence-electron chi connectivity index (χ2n) is 6.08. The van der Waals surface area contributed by atoms with Crippen molar-refractivity contribution < 1.29 is 4.92 Å². The molecule has 1 heterocycles. The number of hydrogen-bond donors (Lipinski definition) is 2. The normalized spacial score (nSPS) is 13.5. The van der Waals surface area contributed by atoms with Crippen LogP contribution in [0.15, 0.2) is 46.0 Å². The topological polar surface area (TPSA) is 70.4 Å². The smallest absolute Gasteiger partial charge is 0.331 e. The van der Waals surface area contributed by atoms with Crippen LogP contribution in [0.4, 0.5) is 11.4 Å². The number of allylic oxidation sites excluding steroid dienone is 1. The van der Waals surface area contributed by atoms with Gasteiger partial charge in [0.15, 0.2) is 10.9 Å². The highest BCUT2D eigenvalue weighted by molar-refractivity contribution is 6.40. The number of para-hydroxylation sites is 2. The minimum atomic E-state index is -0.510. The molecule has 1 aromatic carbocycles. The first-order valence-corrected chi connectivity index (χ1v) is 9.57. The lowest BCUT2D eigenvalue weighted by molar-refractivity contribution is -0.420. The molecule has 0 unspecified atom stereocenters. The Bertz CT molecular complexity index is 684. The van der Waals surface area contributed by atoms with Crippen LogP contribution in [0.25, 0.3) is 0 Å². The SMILES string of the molecule is CCCCN(CCCC)/C(Cl)=C(/Cl)C(=C1Nc2ccccc2N1)[N+](=O)[O-]. The molecule has 0 amide bonds. The van der Waals surface area contributed by atoms with Crippen LogP contribution in [0.1, 0.15) is 39.5 Å². The number of unbranched alkanes of at least 4 members (excludes halogenated alkanes) is 2. The van der Waals surface area contributed by atoms with E-state index in [-0.39, 0.29) is 21.7 Å². The number of nitrogens with zero attached hydrogens (tertiary/aromatic N) is 2. The number of nitrogens with one attached hydrogen (secondary N) is 2. The predicted octanol–water partition coefficient (Wildman–Crippen LogP) is 5.52. The number of nitro groups is 1. The first-order valence-electron chi connectivity index (χ1n) is 8.81. The van der Waals surface area contributed by atoms with Crippen molar-refractivity contribution in [3.05, 3.63) is 56.1 Å². The Labute approximate surface area is 164 Å². The van der Waals surface area contributed by atoms with Gasteiger partial charge in [-0.2, -0.15) is 0 Å². The lowest BCUT2D eigenvalue weighted by Gasteiger charge is -2.24. The molecule has 2 rings (SSSR count). The zero-order valence-electron chi connectivity index (χ0n) is 15.0. The zero-order chi connectivity index (χ0) is 19.1. The van der Waals surface area contributed by atoms with Crippen molar-refractivity contribution in [2.45, 2.75) is 39.5 Å². The van der Waals surface area contributed by atoms with Gasteiger partial charge in [0.2, 0.25) is 0 Å². The van der Waals surface area contributed by atoms with E-state index in [9.17, 15) is 10.1 Å². The molecule has 0 fully saturated rings. The van der Waals surface area contributed by atoms with Gasteiger partial charge in [-0.25, -0.2) is 0 Å². The average Bonchev–Trinajstić information content (AvgIpc) is 3.04. The van der Waals surface area contributed by atoms with Crippen molar-refractivity contribution in [2.75, 3.05) is 23.7 Å². The maximum Gasteiger partial charge on any atom is 0.331 e. The Hall–Kier alpha value is -1.92. The van der Waals surface area contributed by atoms with Crippen LogP contribution >= 0.6 is 23.2 Å². The van der Waals surface area contributed by atoms with E-state index in [0.717, 1.165) is 37.1 Å². The number of benzene rings is 1. The third-order valence-corrected chi connectivity index (χ3v) is 4.98. The fraction of sp³-hybridized carbons (Fsp3) is 0.444. The van der Waals surface area contributed by atoms with Crippen molar-refractivity contribution in [2.24, 2.45) is 0 Å². The van der Waals surface area contributed by atoms with Crippen molar-refractivity contribution >= 4 is 34.6 Å². The first-order chi connectivity index (χ1) is 12.5. The van der Waals surface area contributed by atoms with Gasteiger partial charge in [0.05, 0.1) is 16.3 Å². The summed E-state index contributed by atoms with van der Waals surface area (Å²) in [5.41, 5.74) is 1.26. The molecule has 2 N–H and O–H groups in total. The third kappa shape index (κ3) is 4.83. The molecule has 0 aromatic heterocycles. The summed E-state index contributed by atoms with van der Waals surface area (Å²) in [4.78, 5) is 13.1. The van der Waals surface area contributed by atoms with Gasteiger partial charge in [0.1, 0.15) is 5.16 Å². The van der Waals surface area contributed by atoms with Crippen LogP contribution in [0.2, 0.25) is 0 Å². The maximum absolute atomic E-state index is 11.7. The molecule has 0 bridgehead atoms. The van der Waals surface area contributed by atoms with Gasteiger partial charge in [-0.15, -0.1) is 0 Å². The maximum atomic E-state index is 11.7. The van der Waals surface area contributed by atoms with Crippen LogP contribution in [0, 0.1) is 10.1 Å². The summed E-state index contributed by atoms with van der Waals surface area (Å²) in [5.74, 6) is 0.227. The quantitative estimate of drug-likeness (QED) is 0.325. The first kappa shape index (κ1) is 20.4. The summed E-state index contributed by atoms with van der Waals surface area (Å²) in [5, 5.41) is 17.9. The summed E-state index contributed by atoms with van der Waals surface area (Å²) in [6, 6.07) is 7.37. The second kappa shape index (κ2) is 9.69. The molecule has 26 heavy (non-hydrogen) atoms. The van der Waals surface area contributed by atoms with Crippen LogP contribution in [-0.4, -0.2) is 22.9 Å². The molecular weight excluding hydrogens is 375 g/mol. The van der Waals surface area contributed by atoms with Gasteiger partial charge >= 0.3 is 5.70 Å². The summed E-state index contributed by atoms with van der Waals surface area (Å²) in [7, 11) is 0. The Morgan fingerprint density at radius 1 is 1.08 bits per heavy atom. The second-order valence-corrected chi connectivity index (χ2v) is 6.81. The minimum absolute atomic E-state index is 0.0633. The summed E-state index contributed by atoms with van der Waals surface area (Å²) >= 11 is 12.9.